The van der Waals surface area contributed by atoms with Crippen molar-refractivity contribution in [3.05, 3.63) is 89.5 Å². The van der Waals surface area contributed by atoms with E-state index in [2.05, 4.69) is 0 Å². The number of esters is 2. The Labute approximate surface area is 178 Å². The summed E-state index contributed by atoms with van der Waals surface area (Å²) in [5, 5.41) is 0. The zero-order valence-electron chi connectivity index (χ0n) is 17.5. The molecule has 0 N–H and O–H groups in total. The molecular weight excluding hydrogens is 376 g/mol. The first-order valence-electron chi connectivity index (χ1n) is 10.4. The highest BCUT2D eigenvalue weighted by atomic mass is 16.5. The highest BCUT2D eigenvalue weighted by Gasteiger charge is 2.47. The lowest BCUT2D eigenvalue weighted by molar-refractivity contribution is -0.154. The number of benzene rings is 2. The lowest BCUT2D eigenvalue weighted by Crippen LogP contribution is -2.39. The Balaban J connectivity index is 2.11. The Bertz CT molecular complexity index is 915. The number of rotatable bonds is 7. The molecule has 156 valence electrons. The average molecular weight is 405 g/mol. The molecular formula is C26H28O4. The van der Waals surface area contributed by atoms with E-state index in [1.54, 1.807) is 6.92 Å². The second-order valence-corrected chi connectivity index (χ2v) is 7.31. The average Bonchev–Trinajstić information content (AvgIpc) is 2.79. The molecule has 2 atom stereocenters. The summed E-state index contributed by atoms with van der Waals surface area (Å²) in [6.07, 6.45) is 6.75. The van der Waals surface area contributed by atoms with E-state index in [0.717, 1.165) is 11.1 Å². The summed E-state index contributed by atoms with van der Waals surface area (Å²) >= 11 is 0. The number of carbonyl (C=O) groups is 2. The standard InChI is InChI=1S/C26H28O4/c1-3-29-24(27)22-16-18-26(25(28)30-4-2,17-15-20-11-7-5-8-12-20)23(19-22)21-13-9-6-10-14-21/h5-15,17,19,23H,3-4,16,18H2,1-2H3/b17-15+/t23-,26+/m1/s1. The molecule has 0 aliphatic heterocycles. The second kappa shape index (κ2) is 10.1. The van der Waals surface area contributed by atoms with Crippen LogP contribution in [0.5, 0.6) is 0 Å². The van der Waals surface area contributed by atoms with Gasteiger partial charge in [0.1, 0.15) is 0 Å². The van der Waals surface area contributed by atoms with Crippen molar-refractivity contribution in [2.45, 2.75) is 32.6 Å². The van der Waals surface area contributed by atoms with Crippen molar-refractivity contribution >= 4 is 18.0 Å². The molecule has 1 aliphatic carbocycles. The predicted octanol–water partition coefficient (Wildman–Crippen LogP) is 5.32. The van der Waals surface area contributed by atoms with Gasteiger partial charge in [0, 0.05) is 11.5 Å². The molecule has 30 heavy (non-hydrogen) atoms. The summed E-state index contributed by atoms with van der Waals surface area (Å²) in [5.74, 6) is -0.918. The third-order valence-corrected chi connectivity index (χ3v) is 5.46. The van der Waals surface area contributed by atoms with Gasteiger partial charge in [-0.1, -0.05) is 78.9 Å². The van der Waals surface area contributed by atoms with Crippen LogP contribution in [-0.2, 0) is 19.1 Å². The summed E-state index contributed by atoms with van der Waals surface area (Å²) in [6, 6.07) is 19.7. The van der Waals surface area contributed by atoms with Crippen molar-refractivity contribution < 1.29 is 19.1 Å². The van der Waals surface area contributed by atoms with E-state index in [9.17, 15) is 9.59 Å². The van der Waals surface area contributed by atoms with E-state index in [4.69, 9.17) is 9.47 Å². The minimum Gasteiger partial charge on any atom is -0.465 e. The summed E-state index contributed by atoms with van der Waals surface area (Å²) in [7, 11) is 0. The van der Waals surface area contributed by atoms with Gasteiger partial charge < -0.3 is 9.47 Å². The topological polar surface area (TPSA) is 52.6 Å². The number of ether oxygens (including phenoxy) is 2. The molecule has 0 saturated heterocycles. The van der Waals surface area contributed by atoms with E-state index in [0.29, 0.717) is 31.6 Å². The fourth-order valence-corrected chi connectivity index (χ4v) is 3.94. The molecule has 0 amide bonds. The summed E-state index contributed by atoms with van der Waals surface area (Å²) in [4.78, 5) is 25.7. The molecule has 4 heteroatoms. The molecule has 0 saturated carbocycles. The quantitative estimate of drug-likeness (QED) is 0.587. The number of allylic oxidation sites excluding steroid dienone is 1. The fourth-order valence-electron chi connectivity index (χ4n) is 3.94. The SMILES string of the molecule is CCOC(=O)C1=C[C@H](c2ccccc2)[C@@](/C=C/c2ccccc2)(C(=O)OCC)CC1. The minimum atomic E-state index is -0.900. The van der Waals surface area contributed by atoms with Crippen molar-refractivity contribution in [1.82, 2.24) is 0 Å². The van der Waals surface area contributed by atoms with Gasteiger partial charge in [-0.15, -0.1) is 0 Å². The summed E-state index contributed by atoms with van der Waals surface area (Å²) in [5.41, 5.74) is 1.68. The molecule has 0 aromatic heterocycles. The van der Waals surface area contributed by atoms with Gasteiger partial charge in [0.15, 0.2) is 0 Å². The van der Waals surface area contributed by atoms with Gasteiger partial charge in [0.25, 0.3) is 0 Å². The van der Waals surface area contributed by atoms with Crippen LogP contribution in [0.15, 0.2) is 78.4 Å². The van der Waals surface area contributed by atoms with Gasteiger partial charge in [-0.05, 0) is 37.8 Å². The highest BCUT2D eigenvalue weighted by molar-refractivity contribution is 5.91. The molecule has 1 aliphatic rings. The fraction of sp³-hybridized carbons (Fsp3) is 0.308. The van der Waals surface area contributed by atoms with E-state index in [-0.39, 0.29) is 17.9 Å². The Morgan fingerprint density at radius 2 is 1.60 bits per heavy atom. The maximum Gasteiger partial charge on any atom is 0.333 e. The van der Waals surface area contributed by atoms with E-state index in [1.165, 1.54) is 0 Å². The van der Waals surface area contributed by atoms with Gasteiger partial charge in [0.2, 0.25) is 0 Å². The van der Waals surface area contributed by atoms with Crippen LogP contribution < -0.4 is 0 Å². The van der Waals surface area contributed by atoms with E-state index < -0.39 is 5.41 Å². The molecule has 2 aromatic rings. The smallest absolute Gasteiger partial charge is 0.333 e. The normalized spacial score (nSPS) is 21.1. The number of hydrogen-bond donors (Lipinski definition) is 0. The Morgan fingerprint density at radius 3 is 2.23 bits per heavy atom. The monoisotopic (exact) mass is 404 g/mol. The second-order valence-electron chi connectivity index (χ2n) is 7.31. The van der Waals surface area contributed by atoms with Crippen LogP contribution in [-0.4, -0.2) is 25.2 Å². The van der Waals surface area contributed by atoms with Gasteiger partial charge in [-0.25, -0.2) is 4.79 Å². The Hall–Kier alpha value is -3.14. The van der Waals surface area contributed by atoms with Crippen molar-refractivity contribution in [2.75, 3.05) is 13.2 Å². The van der Waals surface area contributed by atoms with Crippen molar-refractivity contribution in [3.8, 4) is 0 Å². The van der Waals surface area contributed by atoms with Gasteiger partial charge >= 0.3 is 11.9 Å². The van der Waals surface area contributed by atoms with Crippen LogP contribution in [0.25, 0.3) is 6.08 Å². The maximum absolute atomic E-state index is 13.3. The minimum absolute atomic E-state index is 0.273. The maximum atomic E-state index is 13.3. The van der Waals surface area contributed by atoms with E-state index >= 15 is 0 Å². The Morgan fingerprint density at radius 1 is 0.967 bits per heavy atom. The molecule has 0 fully saturated rings. The van der Waals surface area contributed by atoms with Crippen molar-refractivity contribution in [3.63, 3.8) is 0 Å². The lowest BCUT2D eigenvalue weighted by Gasteiger charge is -2.38. The van der Waals surface area contributed by atoms with Crippen molar-refractivity contribution in [2.24, 2.45) is 5.41 Å². The zero-order valence-corrected chi connectivity index (χ0v) is 17.5. The molecule has 4 nitrogen and oxygen atoms in total. The highest BCUT2D eigenvalue weighted by Crippen LogP contribution is 2.48. The first-order chi connectivity index (χ1) is 14.6. The molecule has 0 bridgehead atoms. The molecule has 0 spiro atoms. The van der Waals surface area contributed by atoms with Crippen molar-refractivity contribution in [1.29, 1.82) is 0 Å². The van der Waals surface area contributed by atoms with Gasteiger partial charge in [0.05, 0.1) is 18.6 Å². The van der Waals surface area contributed by atoms with E-state index in [1.807, 2.05) is 85.8 Å². The zero-order chi connectivity index (χ0) is 21.4. The summed E-state index contributed by atoms with van der Waals surface area (Å²) < 4.78 is 10.8. The molecule has 2 aromatic carbocycles. The predicted molar refractivity (Wildman–Crippen MR) is 118 cm³/mol. The summed E-state index contributed by atoms with van der Waals surface area (Å²) in [6.45, 7) is 4.23. The van der Waals surface area contributed by atoms with Crippen LogP contribution in [0.2, 0.25) is 0 Å². The van der Waals surface area contributed by atoms with Crippen LogP contribution >= 0.6 is 0 Å². The van der Waals surface area contributed by atoms with Crippen LogP contribution in [0.3, 0.4) is 0 Å². The number of carbonyl (C=O) groups excluding carboxylic acids is 2. The largest absolute Gasteiger partial charge is 0.465 e. The van der Waals surface area contributed by atoms with Crippen LogP contribution in [0.4, 0.5) is 0 Å². The molecule has 0 radical (unpaired) electrons. The van der Waals surface area contributed by atoms with Gasteiger partial charge in [-0.2, -0.15) is 0 Å². The molecule has 0 unspecified atom stereocenters. The third-order valence-electron chi connectivity index (χ3n) is 5.46. The van der Waals surface area contributed by atoms with Crippen LogP contribution in [0.1, 0.15) is 43.7 Å². The first kappa shape index (κ1) is 21.6. The van der Waals surface area contributed by atoms with Gasteiger partial charge in [-0.3, -0.25) is 4.79 Å². The lowest BCUT2D eigenvalue weighted by atomic mass is 9.64. The number of hydrogen-bond acceptors (Lipinski definition) is 4. The van der Waals surface area contributed by atoms with Crippen LogP contribution in [0, 0.1) is 5.41 Å². The Kier molecular flexibility index (Phi) is 7.23. The first-order valence-corrected chi connectivity index (χ1v) is 10.4. The third kappa shape index (κ3) is 4.70. The molecule has 0 heterocycles. The molecule has 3 rings (SSSR count).